The van der Waals surface area contributed by atoms with E-state index in [2.05, 4.69) is 5.32 Å². The van der Waals surface area contributed by atoms with Gasteiger partial charge < -0.3 is 24.3 Å². The van der Waals surface area contributed by atoms with E-state index in [1.165, 1.54) is 64.8 Å². The summed E-state index contributed by atoms with van der Waals surface area (Å²) in [7, 11) is 1.58. The molecule has 0 spiro atoms. The van der Waals surface area contributed by atoms with E-state index in [1.54, 1.807) is 24.3 Å². The average Bonchev–Trinajstić information content (AvgIpc) is 2.87. The molecular weight excluding hydrogens is 496 g/mol. The quantitative estimate of drug-likeness (QED) is 0.427. The molecule has 0 aliphatic rings. The van der Waals surface area contributed by atoms with Crippen LogP contribution in [0, 0.1) is 0 Å². The molecule has 0 unspecified atom stereocenters. The fraction of sp³-hybridized carbons (Fsp3) is 0.208. The third kappa shape index (κ3) is 5.72. The van der Waals surface area contributed by atoms with E-state index in [0.717, 1.165) is 4.31 Å². The summed E-state index contributed by atoms with van der Waals surface area (Å²) in [6.45, 7) is -0.553. The van der Waals surface area contributed by atoms with Gasteiger partial charge in [0.25, 0.3) is 10.0 Å². The Morgan fingerprint density at radius 2 is 1.49 bits per heavy atom. The second kappa shape index (κ2) is 11.2. The van der Waals surface area contributed by atoms with Crippen LogP contribution in [0.25, 0.3) is 0 Å². The van der Waals surface area contributed by atoms with Gasteiger partial charge in [-0.15, -0.1) is 0 Å². The molecule has 35 heavy (non-hydrogen) atoms. The number of nitrogens with one attached hydrogen (secondary N) is 1. The molecular formula is C24H25ClN2O7S. The Morgan fingerprint density at radius 3 is 2.09 bits per heavy atom. The van der Waals surface area contributed by atoms with Crippen molar-refractivity contribution in [3.05, 3.63) is 65.7 Å². The van der Waals surface area contributed by atoms with Crippen molar-refractivity contribution in [2.45, 2.75) is 4.90 Å². The molecule has 3 rings (SSSR count). The maximum atomic E-state index is 13.6. The summed E-state index contributed by atoms with van der Waals surface area (Å²) in [5.74, 6) is 0.745. The van der Waals surface area contributed by atoms with E-state index < -0.39 is 22.5 Å². The van der Waals surface area contributed by atoms with E-state index in [4.69, 9.17) is 30.5 Å². The molecule has 0 aromatic heterocycles. The number of para-hydroxylation sites is 2. The number of ether oxygens (including phenoxy) is 4. The van der Waals surface area contributed by atoms with Gasteiger partial charge in [0.2, 0.25) is 5.91 Å². The number of nitrogens with zero attached hydrogens (tertiary/aromatic N) is 1. The van der Waals surface area contributed by atoms with Crippen LogP contribution in [0.3, 0.4) is 0 Å². The Balaban J connectivity index is 2.01. The van der Waals surface area contributed by atoms with Crippen LogP contribution < -0.4 is 28.6 Å². The van der Waals surface area contributed by atoms with Crippen LogP contribution in [0.5, 0.6) is 23.0 Å². The Morgan fingerprint density at radius 1 is 0.857 bits per heavy atom. The molecule has 9 nitrogen and oxygen atoms in total. The van der Waals surface area contributed by atoms with Gasteiger partial charge in [-0.1, -0.05) is 23.7 Å². The molecule has 1 amide bonds. The molecule has 3 aromatic rings. The first-order chi connectivity index (χ1) is 16.7. The van der Waals surface area contributed by atoms with Crippen LogP contribution in [0.1, 0.15) is 0 Å². The second-order valence-electron chi connectivity index (χ2n) is 7.09. The van der Waals surface area contributed by atoms with Crippen LogP contribution in [0.4, 0.5) is 11.4 Å². The number of sulfonamides is 1. The lowest BCUT2D eigenvalue weighted by Gasteiger charge is -2.26. The first-order valence-electron chi connectivity index (χ1n) is 10.3. The summed E-state index contributed by atoms with van der Waals surface area (Å²) in [5.41, 5.74) is 0.460. The molecule has 0 aliphatic carbocycles. The minimum Gasteiger partial charge on any atom is -0.497 e. The summed E-state index contributed by atoms with van der Waals surface area (Å²) < 4.78 is 49.2. The van der Waals surface area contributed by atoms with Gasteiger partial charge in [0, 0.05) is 12.1 Å². The number of methoxy groups -OCH3 is 4. The Hall–Kier alpha value is -3.63. The minimum atomic E-state index is -4.17. The molecule has 0 atom stereocenters. The highest BCUT2D eigenvalue weighted by molar-refractivity contribution is 7.92. The molecule has 11 heteroatoms. The van der Waals surface area contributed by atoms with Crippen LogP contribution >= 0.6 is 11.6 Å². The largest absolute Gasteiger partial charge is 0.497 e. The molecule has 186 valence electrons. The maximum Gasteiger partial charge on any atom is 0.264 e. The summed E-state index contributed by atoms with van der Waals surface area (Å²) in [6, 6.07) is 15.4. The number of halogens is 1. The number of hydrogen-bond acceptors (Lipinski definition) is 7. The molecule has 0 saturated heterocycles. The number of anilines is 2. The molecule has 3 aromatic carbocycles. The number of amides is 1. The lowest BCUT2D eigenvalue weighted by atomic mass is 10.2. The number of benzene rings is 3. The average molecular weight is 521 g/mol. The topological polar surface area (TPSA) is 103 Å². The molecule has 0 heterocycles. The third-order valence-corrected chi connectivity index (χ3v) is 7.11. The van der Waals surface area contributed by atoms with Gasteiger partial charge >= 0.3 is 0 Å². The predicted octanol–water partition coefficient (Wildman–Crippen LogP) is 4.21. The lowest BCUT2D eigenvalue weighted by Crippen LogP contribution is -2.38. The van der Waals surface area contributed by atoms with Crippen molar-refractivity contribution in [1.29, 1.82) is 0 Å². The third-order valence-electron chi connectivity index (χ3n) is 5.04. The maximum absolute atomic E-state index is 13.6. The highest BCUT2D eigenvalue weighted by atomic mass is 35.5. The van der Waals surface area contributed by atoms with Crippen molar-refractivity contribution in [3.63, 3.8) is 0 Å². The lowest BCUT2D eigenvalue weighted by molar-refractivity contribution is -0.114. The Kier molecular flexibility index (Phi) is 8.31. The molecule has 1 N–H and O–H groups in total. The standard InChI is InChI=1S/C24H25ClN2O7S/c1-31-16-9-11-17(12-10-16)35(29,30)27(20-7-5-6-8-21(20)32-2)15-24(28)26-19-14-22(33-3)18(25)13-23(19)34-4/h5-14H,15H2,1-4H3,(H,26,28). The zero-order valence-electron chi connectivity index (χ0n) is 19.6. The number of hydrogen-bond donors (Lipinski definition) is 1. The van der Waals surface area contributed by atoms with E-state index in [1.807, 2.05) is 0 Å². The van der Waals surface area contributed by atoms with Crippen LogP contribution in [0.15, 0.2) is 65.6 Å². The molecule has 0 fully saturated rings. The predicted molar refractivity (Wildman–Crippen MR) is 134 cm³/mol. The van der Waals surface area contributed by atoms with Crippen LogP contribution in [-0.4, -0.2) is 49.3 Å². The van der Waals surface area contributed by atoms with E-state index in [9.17, 15) is 13.2 Å². The number of carbonyl (C=O) groups excluding carboxylic acids is 1. The van der Waals surface area contributed by atoms with Gasteiger partial charge in [0.05, 0.1) is 49.7 Å². The highest BCUT2D eigenvalue weighted by Gasteiger charge is 2.30. The number of carbonyl (C=O) groups is 1. The van der Waals surface area contributed by atoms with Crippen molar-refractivity contribution >= 4 is 38.9 Å². The smallest absolute Gasteiger partial charge is 0.264 e. The first kappa shape index (κ1) is 26.0. The van der Waals surface area contributed by atoms with Gasteiger partial charge in [0.1, 0.15) is 29.5 Å². The van der Waals surface area contributed by atoms with E-state index in [0.29, 0.717) is 16.5 Å². The van der Waals surface area contributed by atoms with E-state index in [-0.39, 0.29) is 27.8 Å². The van der Waals surface area contributed by atoms with Crippen LogP contribution in [-0.2, 0) is 14.8 Å². The summed E-state index contributed by atoms with van der Waals surface area (Å²) in [5, 5.41) is 2.97. The zero-order chi connectivity index (χ0) is 25.6. The van der Waals surface area contributed by atoms with E-state index >= 15 is 0 Å². The zero-order valence-corrected chi connectivity index (χ0v) is 21.1. The number of rotatable bonds is 10. The summed E-state index contributed by atoms with van der Waals surface area (Å²) >= 11 is 6.14. The normalized spacial score (nSPS) is 10.9. The van der Waals surface area contributed by atoms with Crippen molar-refractivity contribution in [2.24, 2.45) is 0 Å². The first-order valence-corrected chi connectivity index (χ1v) is 12.1. The van der Waals surface area contributed by atoms with Crippen LogP contribution in [0.2, 0.25) is 5.02 Å². The monoisotopic (exact) mass is 520 g/mol. The second-order valence-corrected chi connectivity index (χ2v) is 9.36. The molecule has 0 saturated carbocycles. The van der Waals surface area contributed by atoms with Crippen molar-refractivity contribution in [2.75, 3.05) is 44.6 Å². The van der Waals surface area contributed by atoms with Gasteiger partial charge in [-0.05, 0) is 36.4 Å². The fourth-order valence-corrected chi connectivity index (χ4v) is 4.95. The van der Waals surface area contributed by atoms with Gasteiger partial charge in [-0.25, -0.2) is 8.42 Å². The Bertz CT molecular complexity index is 1300. The fourth-order valence-electron chi connectivity index (χ4n) is 3.29. The summed E-state index contributed by atoms with van der Waals surface area (Å²) in [4.78, 5) is 13.1. The molecule has 0 radical (unpaired) electrons. The van der Waals surface area contributed by atoms with Gasteiger partial charge in [-0.3, -0.25) is 9.10 Å². The molecule has 0 aliphatic heterocycles. The van der Waals surface area contributed by atoms with Gasteiger partial charge in [0.15, 0.2) is 0 Å². The van der Waals surface area contributed by atoms with Crippen molar-refractivity contribution < 1.29 is 32.2 Å². The van der Waals surface area contributed by atoms with Crippen molar-refractivity contribution in [1.82, 2.24) is 0 Å². The Labute approximate surface area is 209 Å². The summed E-state index contributed by atoms with van der Waals surface area (Å²) in [6.07, 6.45) is 0. The molecule has 0 bridgehead atoms. The SMILES string of the molecule is COc1ccc(S(=O)(=O)N(CC(=O)Nc2cc(OC)c(Cl)cc2OC)c2ccccc2OC)cc1. The highest BCUT2D eigenvalue weighted by Crippen LogP contribution is 2.36. The van der Waals surface area contributed by atoms with Crippen molar-refractivity contribution in [3.8, 4) is 23.0 Å². The minimum absolute atomic E-state index is 0.0252. The van der Waals surface area contributed by atoms with Gasteiger partial charge in [-0.2, -0.15) is 0 Å².